The van der Waals surface area contributed by atoms with Crippen LogP contribution in [0.1, 0.15) is 31.4 Å². The van der Waals surface area contributed by atoms with Gasteiger partial charge in [0.1, 0.15) is 5.15 Å². The molecule has 2 aromatic rings. The first-order valence-corrected chi connectivity index (χ1v) is 9.55. The molecule has 1 aromatic heterocycles. The number of nitrogens with zero attached hydrogens (tertiary/aromatic N) is 1. The third-order valence-corrected chi connectivity index (χ3v) is 5.93. The molecule has 0 saturated heterocycles. The second-order valence-electron chi connectivity index (χ2n) is 6.35. The quantitative estimate of drug-likeness (QED) is 0.653. The standard InChI is InChI=1S/C16H20ClN3O2S/c1-9(2)7-20-23(21,22)16-11-5-3-4-10(11)15(18)13-8-19-14(17)6-12(13)16/h6,8-9,20H,3-5,7,18H2,1-2H3. The number of sulfonamides is 1. The van der Waals surface area contributed by atoms with Crippen LogP contribution in [0.4, 0.5) is 5.69 Å². The Morgan fingerprint density at radius 3 is 2.70 bits per heavy atom. The molecule has 3 N–H and O–H groups in total. The normalized spacial score (nSPS) is 14.6. The van der Waals surface area contributed by atoms with Gasteiger partial charge in [-0.1, -0.05) is 25.4 Å². The van der Waals surface area contributed by atoms with Crippen molar-refractivity contribution in [3.05, 3.63) is 28.5 Å². The van der Waals surface area contributed by atoms with Crippen LogP contribution in [0.25, 0.3) is 10.8 Å². The summed E-state index contributed by atoms with van der Waals surface area (Å²) in [6.07, 6.45) is 3.98. The molecule has 0 unspecified atom stereocenters. The molecule has 0 bridgehead atoms. The molecule has 0 amide bonds. The van der Waals surface area contributed by atoms with Crippen molar-refractivity contribution in [2.75, 3.05) is 12.3 Å². The van der Waals surface area contributed by atoms with Gasteiger partial charge in [0.25, 0.3) is 0 Å². The number of anilines is 1. The molecule has 7 heteroatoms. The number of rotatable bonds is 4. The minimum Gasteiger partial charge on any atom is -0.398 e. The number of hydrogen-bond donors (Lipinski definition) is 2. The molecule has 1 aliphatic rings. The van der Waals surface area contributed by atoms with Gasteiger partial charge >= 0.3 is 0 Å². The van der Waals surface area contributed by atoms with E-state index in [1.54, 1.807) is 12.3 Å². The summed E-state index contributed by atoms with van der Waals surface area (Å²) in [6.45, 7) is 4.32. The van der Waals surface area contributed by atoms with Crippen LogP contribution in [-0.2, 0) is 22.9 Å². The molecule has 1 aromatic carbocycles. The van der Waals surface area contributed by atoms with Crippen molar-refractivity contribution < 1.29 is 8.42 Å². The third kappa shape index (κ3) is 2.91. The van der Waals surface area contributed by atoms with E-state index in [9.17, 15) is 8.42 Å². The van der Waals surface area contributed by atoms with Gasteiger partial charge in [-0.3, -0.25) is 0 Å². The fraction of sp³-hybridized carbons (Fsp3) is 0.438. The van der Waals surface area contributed by atoms with Crippen molar-refractivity contribution in [2.24, 2.45) is 5.92 Å². The van der Waals surface area contributed by atoms with Crippen LogP contribution in [-0.4, -0.2) is 19.9 Å². The van der Waals surface area contributed by atoms with Gasteiger partial charge in [-0.2, -0.15) is 0 Å². The molecule has 124 valence electrons. The molecule has 0 radical (unpaired) electrons. The number of nitrogen functional groups attached to an aromatic ring is 1. The summed E-state index contributed by atoms with van der Waals surface area (Å²) in [5, 5.41) is 1.47. The fourth-order valence-electron chi connectivity index (χ4n) is 3.10. The largest absolute Gasteiger partial charge is 0.398 e. The van der Waals surface area contributed by atoms with E-state index in [2.05, 4.69) is 9.71 Å². The van der Waals surface area contributed by atoms with Gasteiger partial charge < -0.3 is 5.73 Å². The van der Waals surface area contributed by atoms with Gasteiger partial charge in [0.2, 0.25) is 10.0 Å². The van der Waals surface area contributed by atoms with Gasteiger partial charge in [-0.05, 0) is 42.4 Å². The van der Waals surface area contributed by atoms with Gasteiger partial charge in [-0.15, -0.1) is 0 Å². The first kappa shape index (κ1) is 16.5. The Balaban J connectivity index is 2.31. The van der Waals surface area contributed by atoms with Crippen molar-refractivity contribution in [3.8, 4) is 0 Å². The fourth-order valence-corrected chi connectivity index (χ4v) is 4.97. The van der Waals surface area contributed by atoms with E-state index >= 15 is 0 Å². The number of benzene rings is 1. The molecule has 0 fully saturated rings. The zero-order valence-electron chi connectivity index (χ0n) is 13.2. The summed E-state index contributed by atoms with van der Waals surface area (Å²) in [5.41, 5.74) is 8.64. The van der Waals surface area contributed by atoms with Crippen LogP contribution in [0, 0.1) is 5.92 Å². The number of nitrogens with one attached hydrogen (secondary N) is 1. The first-order chi connectivity index (χ1) is 10.8. The van der Waals surface area contributed by atoms with E-state index in [-0.39, 0.29) is 11.1 Å². The second-order valence-corrected chi connectivity index (χ2v) is 8.44. The molecular weight excluding hydrogens is 334 g/mol. The summed E-state index contributed by atoms with van der Waals surface area (Å²) >= 11 is 6.00. The lowest BCUT2D eigenvalue weighted by atomic mass is 10.0. The molecule has 0 spiro atoms. The Hall–Kier alpha value is -1.37. The lowest BCUT2D eigenvalue weighted by Crippen LogP contribution is -2.28. The zero-order chi connectivity index (χ0) is 16.8. The lowest BCUT2D eigenvalue weighted by molar-refractivity contribution is 0.560. The number of aromatic nitrogens is 1. The Bertz CT molecular complexity index is 879. The van der Waals surface area contributed by atoms with E-state index in [1.807, 2.05) is 13.8 Å². The van der Waals surface area contributed by atoms with Crippen LogP contribution in [0.5, 0.6) is 0 Å². The maximum absolute atomic E-state index is 12.9. The highest BCUT2D eigenvalue weighted by Crippen LogP contribution is 2.40. The lowest BCUT2D eigenvalue weighted by Gasteiger charge is -2.17. The minimum atomic E-state index is -3.63. The summed E-state index contributed by atoms with van der Waals surface area (Å²) in [6, 6.07) is 1.59. The molecule has 1 aliphatic carbocycles. The summed E-state index contributed by atoms with van der Waals surface area (Å²) < 4.78 is 28.5. The van der Waals surface area contributed by atoms with Crippen LogP contribution < -0.4 is 10.5 Å². The highest BCUT2D eigenvalue weighted by atomic mass is 35.5. The van der Waals surface area contributed by atoms with Crippen LogP contribution in [0.3, 0.4) is 0 Å². The maximum Gasteiger partial charge on any atom is 0.241 e. The van der Waals surface area contributed by atoms with Crippen molar-refractivity contribution in [3.63, 3.8) is 0 Å². The molecular formula is C16H20ClN3O2S. The molecule has 0 aliphatic heterocycles. The number of nitrogens with two attached hydrogens (primary N) is 1. The van der Waals surface area contributed by atoms with E-state index < -0.39 is 10.0 Å². The summed E-state index contributed by atoms with van der Waals surface area (Å²) in [4.78, 5) is 4.38. The van der Waals surface area contributed by atoms with E-state index in [4.69, 9.17) is 17.3 Å². The maximum atomic E-state index is 12.9. The predicted molar refractivity (Wildman–Crippen MR) is 93.2 cm³/mol. The highest BCUT2D eigenvalue weighted by molar-refractivity contribution is 7.89. The van der Waals surface area contributed by atoms with Crippen molar-refractivity contribution >= 4 is 38.1 Å². The number of halogens is 1. The molecule has 1 heterocycles. The topological polar surface area (TPSA) is 85.1 Å². The smallest absolute Gasteiger partial charge is 0.241 e. The average molecular weight is 354 g/mol. The molecule has 0 saturated carbocycles. The Labute approximate surface area is 141 Å². The van der Waals surface area contributed by atoms with E-state index in [0.717, 1.165) is 24.0 Å². The average Bonchev–Trinajstić information content (AvgIpc) is 2.94. The van der Waals surface area contributed by atoms with E-state index in [1.165, 1.54) is 0 Å². The minimum absolute atomic E-state index is 0.225. The van der Waals surface area contributed by atoms with Crippen molar-refractivity contribution in [1.82, 2.24) is 9.71 Å². The molecule has 3 rings (SSSR count). The SMILES string of the molecule is CC(C)CNS(=O)(=O)c1c2c(c(N)c3cnc(Cl)cc13)CCC2. The van der Waals surface area contributed by atoms with E-state index in [0.29, 0.717) is 34.3 Å². The summed E-state index contributed by atoms with van der Waals surface area (Å²) in [5.74, 6) is 0.225. The molecule has 0 atom stereocenters. The van der Waals surface area contributed by atoms with Crippen LogP contribution in [0.2, 0.25) is 5.15 Å². The zero-order valence-corrected chi connectivity index (χ0v) is 14.8. The van der Waals surface area contributed by atoms with Crippen molar-refractivity contribution in [2.45, 2.75) is 38.0 Å². The number of fused-ring (bicyclic) bond motifs is 2. The molecule has 23 heavy (non-hydrogen) atoms. The first-order valence-electron chi connectivity index (χ1n) is 7.69. The Morgan fingerprint density at radius 1 is 1.30 bits per heavy atom. The van der Waals surface area contributed by atoms with Crippen LogP contribution in [0.15, 0.2) is 17.2 Å². The molecule has 5 nitrogen and oxygen atoms in total. The second kappa shape index (κ2) is 5.92. The van der Waals surface area contributed by atoms with Crippen LogP contribution >= 0.6 is 11.6 Å². The predicted octanol–water partition coefficient (Wildman–Crippen LogP) is 2.89. The van der Waals surface area contributed by atoms with Gasteiger partial charge in [0.05, 0.1) is 4.90 Å². The van der Waals surface area contributed by atoms with Gasteiger partial charge in [-0.25, -0.2) is 18.1 Å². The highest BCUT2D eigenvalue weighted by Gasteiger charge is 2.29. The van der Waals surface area contributed by atoms with Gasteiger partial charge in [0.15, 0.2) is 0 Å². The summed E-state index contributed by atoms with van der Waals surface area (Å²) in [7, 11) is -3.63. The van der Waals surface area contributed by atoms with Gasteiger partial charge in [0, 0.05) is 29.2 Å². The third-order valence-electron chi connectivity index (χ3n) is 4.17. The monoisotopic (exact) mass is 353 g/mol. The van der Waals surface area contributed by atoms with Crippen molar-refractivity contribution in [1.29, 1.82) is 0 Å². The Kier molecular flexibility index (Phi) is 4.25. The number of pyridine rings is 1. The Morgan fingerprint density at radius 2 is 2.00 bits per heavy atom. The number of hydrogen-bond acceptors (Lipinski definition) is 4.